The molecule has 2 amide bonds. The predicted molar refractivity (Wildman–Crippen MR) is 109 cm³/mol. The van der Waals surface area contributed by atoms with E-state index in [1.165, 1.54) is 11.1 Å². The smallest absolute Gasteiger partial charge is 0.407 e. The third-order valence-corrected chi connectivity index (χ3v) is 5.15. The van der Waals surface area contributed by atoms with Gasteiger partial charge in [0.25, 0.3) is 0 Å². The average Bonchev–Trinajstić information content (AvgIpc) is 3.05. The number of carbonyl (C=O) groups is 2. The number of benzene rings is 2. The van der Waals surface area contributed by atoms with E-state index < -0.39 is 12.1 Å². The number of nitrogens with two attached hydrogens (primary N) is 1. The number of fused-ring (bicyclic) bond motifs is 3. The largest absolute Gasteiger partial charge is 0.449 e. The van der Waals surface area contributed by atoms with Crippen LogP contribution < -0.4 is 16.4 Å². The topological polar surface area (TPSA) is 93.5 Å². The molecule has 0 fully saturated rings. The molecule has 4 N–H and O–H groups in total. The van der Waals surface area contributed by atoms with Crippen molar-refractivity contribution < 1.29 is 14.3 Å². The molecule has 1 atom stereocenters. The molecule has 0 heterocycles. The minimum absolute atomic E-state index is 0.00570. The fourth-order valence-electron chi connectivity index (χ4n) is 3.72. The van der Waals surface area contributed by atoms with Crippen molar-refractivity contribution in [2.24, 2.45) is 5.73 Å². The normalized spacial score (nSPS) is 13.4. The third-order valence-electron chi connectivity index (χ3n) is 5.15. The number of hydrogen-bond donors (Lipinski definition) is 3. The van der Waals surface area contributed by atoms with Gasteiger partial charge in [0.05, 0.1) is 0 Å². The van der Waals surface area contributed by atoms with Crippen LogP contribution in [0, 0.1) is 0 Å². The summed E-state index contributed by atoms with van der Waals surface area (Å²) >= 11 is 0. The minimum Gasteiger partial charge on any atom is -0.449 e. The first kappa shape index (κ1) is 19.9. The summed E-state index contributed by atoms with van der Waals surface area (Å²) in [5.41, 5.74) is 10.2. The van der Waals surface area contributed by atoms with Crippen molar-refractivity contribution in [1.29, 1.82) is 0 Å². The number of nitrogens with one attached hydrogen (secondary N) is 2. The molecule has 0 radical (unpaired) electrons. The zero-order valence-corrected chi connectivity index (χ0v) is 16.1. The lowest BCUT2D eigenvalue weighted by atomic mass is 9.98. The molecule has 6 heteroatoms. The van der Waals surface area contributed by atoms with Gasteiger partial charge in [-0.15, -0.1) is 0 Å². The predicted octanol–water partition coefficient (Wildman–Crippen LogP) is 2.77. The van der Waals surface area contributed by atoms with E-state index in [1.54, 1.807) is 7.05 Å². The van der Waals surface area contributed by atoms with Crippen LogP contribution in [0.5, 0.6) is 0 Å². The molecule has 2 aromatic carbocycles. The maximum atomic E-state index is 12.3. The van der Waals surface area contributed by atoms with Gasteiger partial charge in [0.1, 0.15) is 12.6 Å². The summed E-state index contributed by atoms with van der Waals surface area (Å²) in [4.78, 5) is 24.4. The summed E-state index contributed by atoms with van der Waals surface area (Å²) in [6, 6.07) is 15.7. The molecule has 0 saturated heterocycles. The SMILES string of the molecule is CNC(=O)[C@@H](CCCCN)NC(=O)OCC1c2ccccc2-c2ccccc21. The second kappa shape index (κ2) is 9.37. The van der Waals surface area contributed by atoms with Crippen molar-refractivity contribution in [3.8, 4) is 11.1 Å². The van der Waals surface area contributed by atoms with Gasteiger partial charge in [-0.1, -0.05) is 48.5 Å². The number of unbranched alkanes of at least 4 members (excludes halogenated alkanes) is 1. The van der Waals surface area contributed by atoms with Gasteiger partial charge in [-0.2, -0.15) is 0 Å². The highest BCUT2D eigenvalue weighted by Crippen LogP contribution is 2.44. The van der Waals surface area contributed by atoms with Crippen molar-refractivity contribution in [3.05, 3.63) is 59.7 Å². The zero-order chi connectivity index (χ0) is 19.9. The van der Waals surface area contributed by atoms with Crippen LogP contribution in [0.1, 0.15) is 36.3 Å². The van der Waals surface area contributed by atoms with Crippen LogP contribution in [-0.4, -0.2) is 38.2 Å². The van der Waals surface area contributed by atoms with Gasteiger partial charge in [0.15, 0.2) is 0 Å². The molecule has 6 nitrogen and oxygen atoms in total. The van der Waals surface area contributed by atoms with Crippen molar-refractivity contribution in [3.63, 3.8) is 0 Å². The average molecular weight is 381 g/mol. The van der Waals surface area contributed by atoms with Crippen LogP contribution in [0.15, 0.2) is 48.5 Å². The van der Waals surface area contributed by atoms with Gasteiger partial charge >= 0.3 is 6.09 Å². The van der Waals surface area contributed by atoms with Crippen LogP contribution >= 0.6 is 0 Å². The highest BCUT2D eigenvalue weighted by Gasteiger charge is 2.29. The maximum absolute atomic E-state index is 12.3. The first-order chi connectivity index (χ1) is 13.7. The number of rotatable bonds is 8. The zero-order valence-electron chi connectivity index (χ0n) is 16.1. The Morgan fingerprint density at radius 3 is 2.21 bits per heavy atom. The van der Waals surface area contributed by atoms with Crippen LogP contribution in [0.25, 0.3) is 11.1 Å². The van der Waals surface area contributed by atoms with Crippen molar-refractivity contribution in [1.82, 2.24) is 10.6 Å². The van der Waals surface area contributed by atoms with E-state index in [1.807, 2.05) is 24.3 Å². The molecule has 0 bridgehead atoms. The number of likely N-dealkylation sites (N-methyl/N-ethyl adjacent to an activating group) is 1. The Morgan fingerprint density at radius 2 is 1.64 bits per heavy atom. The molecule has 0 unspecified atom stereocenters. The van der Waals surface area contributed by atoms with Crippen molar-refractivity contribution in [2.45, 2.75) is 31.2 Å². The summed E-state index contributed by atoms with van der Waals surface area (Å²) in [5, 5.41) is 5.26. The molecule has 1 aliphatic carbocycles. The molecule has 2 aromatic rings. The Morgan fingerprint density at radius 1 is 1.04 bits per heavy atom. The van der Waals surface area contributed by atoms with Gasteiger partial charge in [-0.05, 0) is 48.1 Å². The van der Waals surface area contributed by atoms with Crippen LogP contribution in [0.3, 0.4) is 0 Å². The Bertz CT molecular complexity index is 792. The van der Waals surface area contributed by atoms with Gasteiger partial charge in [0.2, 0.25) is 5.91 Å². The van der Waals surface area contributed by atoms with E-state index in [-0.39, 0.29) is 18.4 Å². The molecule has 0 spiro atoms. The van der Waals surface area contributed by atoms with E-state index in [9.17, 15) is 9.59 Å². The maximum Gasteiger partial charge on any atom is 0.407 e. The van der Waals surface area contributed by atoms with Crippen molar-refractivity contribution >= 4 is 12.0 Å². The third kappa shape index (κ3) is 4.34. The Balaban J connectivity index is 1.64. The lowest BCUT2D eigenvalue weighted by molar-refractivity contribution is -0.122. The fraction of sp³-hybridized carbons (Fsp3) is 0.364. The van der Waals surface area contributed by atoms with Gasteiger partial charge in [0, 0.05) is 13.0 Å². The lowest BCUT2D eigenvalue weighted by Crippen LogP contribution is -2.46. The minimum atomic E-state index is -0.618. The van der Waals surface area contributed by atoms with Crippen LogP contribution in [0.2, 0.25) is 0 Å². The van der Waals surface area contributed by atoms with E-state index >= 15 is 0 Å². The van der Waals surface area contributed by atoms with E-state index in [4.69, 9.17) is 10.5 Å². The van der Waals surface area contributed by atoms with Crippen molar-refractivity contribution in [2.75, 3.05) is 20.2 Å². The Hall–Kier alpha value is -2.86. The molecular formula is C22H27N3O3. The second-order valence-corrected chi connectivity index (χ2v) is 6.92. The Labute approximate surface area is 165 Å². The standard InChI is InChI=1S/C22H27N3O3/c1-24-21(26)20(12-6-7-13-23)25-22(27)28-14-19-17-10-4-2-8-15(17)16-9-3-5-11-18(16)19/h2-5,8-11,19-20H,6-7,12-14,23H2,1H3,(H,24,26)(H,25,27)/t20-/m1/s1. The van der Waals surface area contributed by atoms with Gasteiger partial charge < -0.3 is 21.1 Å². The first-order valence-electron chi connectivity index (χ1n) is 9.69. The lowest BCUT2D eigenvalue weighted by Gasteiger charge is -2.19. The highest BCUT2D eigenvalue weighted by molar-refractivity contribution is 5.85. The number of carbonyl (C=O) groups excluding carboxylic acids is 2. The van der Waals surface area contributed by atoms with Gasteiger partial charge in [-0.25, -0.2) is 4.79 Å². The van der Waals surface area contributed by atoms with Crippen LogP contribution in [-0.2, 0) is 9.53 Å². The van der Waals surface area contributed by atoms with E-state index in [2.05, 4.69) is 34.9 Å². The summed E-state index contributed by atoms with van der Waals surface area (Å²) in [6.45, 7) is 0.786. The molecule has 0 saturated carbocycles. The molecule has 28 heavy (non-hydrogen) atoms. The van der Waals surface area contributed by atoms with E-state index in [0.717, 1.165) is 24.0 Å². The Kier molecular flexibility index (Phi) is 6.66. The van der Waals surface area contributed by atoms with E-state index in [0.29, 0.717) is 13.0 Å². The first-order valence-corrected chi connectivity index (χ1v) is 9.69. The summed E-state index contributed by atoms with van der Waals surface area (Å²) < 4.78 is 5.52. The fourth-order valence-corrected chi connectivity index (χ4v) is 3.72. The molecule has 1 aliphatic rings. The van der Waals surface area contributed by atoms with Gasteiger partial charge in [-0.3, -0.25) is 4.79 Å². The second-order valence-electron chi connectivity index (χ2n) is 6.92. The monoisotopic (exact) mass is 381 g/mol. The molecule has 0 aliphatic heterocycles. The summed E-state index contributed by atoms with van der Waals surface area (Å²) in [6.07, 6.45) is 1.52. The number of hydrogen-bond acceptors (Lipinski definition) is 4. The molecular weight excluding hydrogens is 354 g/mol. The number of ether oxygens (including phenoxy) is 1. The highest BCUT2D eigenvalue weighted by atomic mass is 16.5. The summed E-state index contributed by atoms with van der Waals surface area (Å²) in [5.74, 6) is -0.237. The molecule has 148 valence electrons. The number of amides is 2. The quantitative estimate of drug-likeness (QED) is 0.613. The number of alkyl carbamates (subject to hydrolysis) is 1. The molecule has 0 aromatic heterocycles. The summed E-state index contributed by atoms with van der Waals surface area (Å²) in [7, 11) is 1.55. The van der Waals surface area contributed by atoms with Crippen LogP contribution in [0.4, 0.5) is 4.79 Å². The molecule has 3 rings (SSSR count).